The molecule has 1 aromatic carbocycles. The number of nitrogens with two attached hydrogens (primary N) is 1. The molecule has 1 aromatic rings. The van der Waals surface area contributed by atoms with Crippen molar-refractivity contribution in [3.63, 3.8) is 0 Å². The molecule has 0 bridgehead atoms. The van der Waals surface area contributed by atoms with Crippen LogP contribution in [0.15, 0.2) is 23.1 Å². The highest BCUT2D eigenvalue weighted by atomic mass is 32.2. The quantitative estimate of drug-likeness (QED) is 0.585. The molecule has 0 aliphatic carbocycles. The van der Waals surface area contributed by atoms with Gasteiger partial charge in [0.1, 0.15) is 5.75 Å². The summed E-state index contributed by atoms with van der Waals surface area (Å²) in [6.07, 6.45) is 2.90. The third-order valence-electron chi connectivity index (χ3n) is 2.59. The molecule has 1 rings (SSSR count). The number of sulfonamides is 1. The summed E-state index contributed by atoms with van der Waals surface area (Å²) in [5.41, 5.74) is 6.06. The summed E-state index contributed by atoms with van der Waals surface area (Å²) in [5, 5.41) is 0. The molecule has 18 heavy (non-hydrogen) atoms. The first-order valence-corrected chi connectivity index (χ1v) is 7.42. The van der Waals surface area contributed by atoms with Crippen molar-refractivity contribution < 1.29 is 13.2 Å². The lowest BCUT2D eigenvalue weighted by atomic mass is 10.3. The zero-order valence-corrected chi connectivity index (χ0v) is 11.6. The van der Waals surface area contributed by atoms with E-state index in [4.69, 9.17) is 10.5 Å². The van der Waals surface area contributed by atoms with Crippen LogP contribution in [0, 0.1) is 0 Å². The van der Waals surface area contributed by atoms with Crippen LogP contribution in [0.25, 0.3) is 0 Å². The number of nitrogen functional groups attached to an aromatic ring is 1. The summed E-state index contributed by atoms with van der Waals surface area (Å²) in [7, 11) is -2.02. The monoisotopic (exact) mass is 272 g/mol. The summed E-state index contributed by atoms with van der Waals surface area (Å²) >= 11 is 0. The lowest BCUT2D eigenvalue weighted by molar-refractivity contribution is 0.415. The molecule has 5 nitrogen and oxygen atoms in total. The topological polar surface area (TPSA) is 81.4 Å². The molecule has 0 unspecified atom stereocenters. The molecule has 3 N–H and O–H groups in total. The highest BCUT2D eigenvalue weighted by Crippen LogP contribution is 2.24. The molecule has 6 heteroatoms. The molecule has 0 amide bonds. The van der Waals surface area contributed by atoms with Gasteiger partial charge >= 0.3 is 0 Å². The van der Waals surface area contributed by atoms with Crippen LogP contribution in [0.5, 0.6) is 5.75 Å². The van der Waals surface area contributed by atoms with E-state index in [2.05, 4.69) is 11.6 Å². The van der Waals surface area contributed by atoms with Gasteiger partial charge in [0, 0.05) is 12.6 Å². The van der Waals surface area contributed by atoms with Crippen LogP contribution in [0.1, 0.15) is 26.2 Å². The van der Waals surface area contributed by atoms with Crippen LogP contribution in [-0.4, -0.2) is 22.1 Å². The average molecular weight is 272 g/mol. The number of anilines is 1. The predicted molar refractivity (Wildman–Crippen MR) is 72.1 cm³/mol. The number of rotatable bonds is 7. The van der Waals surface area contributed by atoms with Crippen LogP contribution in [0.2, 0.25) is 0 Å². The van der Waals surface area contributed by atoms with Gasteiger partial charge in [-0.2, -0.15) is 0 Å². The fourth-order valence-corrected chi connectivity index (χ4v) is 2.61. The maximum absolute atomic E-state index is 12.0. The summed E-state index contributed by atoms with van der Waals surface area (Å²) in [5.74, 6) is 0.367. The molecular formula is C12H20N2O3S. The Morgan fingerprint density at radius 3 is 2.67 bits per heavy atom. The fraction of sp³-hybridized carbons (Fsp3) is 0.500. The van der Waals surface area contributed by atoms with E-state index >= 15 is 0 Å². The first-order valence-electron chi connectivity index (χ1n) is 5.94. The SMILES string of the molecule is CCCCCNS(=O)(=O)c1ccc(N)c(OC)c1. The van der Waals surface area contributed by atoms with Crippen LogP contribution in [0.3, 0.4) is 0 Å². The minimum absolute atomic E-state index is 0.171. The second kappa shape index (κ2) is 6.61. The van der Waals surface area contributed by atoms with Gasteiger partial charge < -0.3 is 10.5 Å². The largest absolute Gasteiger partial charge is 0.495 e. The van der Waals surface area contributed by atoms with E-state index in [0.29, 0.717) is 18.0 Å². The van der Waals surface area contributed by atoms with E-state index in [1.54, 1.807) is 0 Å². The number of ether oxygens (including phenoxy) is 1. The van der Waals surface area contributed by atoms with Crippen molar-refractivity contribution in [3.8, 4) is 5.75 Å². The Bertz CT molecular complexity index is 486. The summed E-state index contributed by atoms with van der Waals surface area (Å²) in [6, 6.07) is 4.43. The number of nitrogens with one attached hydrogen (secondary N) is 1. The molecule has 0 radical (unpaired) electrons. The van der Waals surface area contributed by atoms with Crippen molar-refractivity contribution in [2.24, 2.45) is 0 Å². The molecule has 0 heterocycles. The molecule has 0 saturated carbocycles. The van der Waals surface area contributed by atoms with Crippen LogP contribution >= 0.6 is 0 Å². The third kappa shape index (κ3) is 3.89. The molecule has 0 saturated heterocycles. The van der Waals surface area contributed by atoms with Crippen molar-refractivity contribution >= 4 is 15.7 Å². The molecule has 0 aromatic heterocycles. The van der Waals surface area contributed by atoms with Gasteiger partial charge in [-0.05, 0) is 18.6 Å². The maximum Gasteiger partial charge on any atom is 0.240 e. The lowest BCUT2D eigenvalue weighted by Gasteiger charge is -2.09. The Morgan fingerprint density at radius 1 is 1.33 bits per heavy atom. The Morgan fingerprint density at radius 2 is 2.06 bits per heavy atom. The molecule has 0 aliphatic rings. The zero-order valence-electron chi connectivity index (χ0n) is 10.8. The van der Waals surface area contributed by atoms with E-state index in [-0.39, 0.29) is 4.90 Å². The zero-order chi connectivity index (χ0) is 13.6. The molecule has 0 spiro atoms. The van der Waals surface area contributed by atoms with Crippen LogP contribution in [-0.2, 0) is 10.0 Å². The molecule has 0 atom stereocenters. The fourth-order valence-electron chi connectivity index (χ4n) is 1.52. The van der Waals surface area contributed by atoms with Crippen LogP contribution in [0.4, 0.5) is 5.69 Å². The van der Waals surface area contributed by atoms with E-state index < -0.39 is 10.0 Å². The van der Waals surface area contributed by atoms with Gasteiger partial charge in [-0.3, -0.25) is 0 Å². The Hall–Kier alpha value is -1.27. The Kier molecular flexibility index (Phi) is 5.43. The summed E-state index contributed by atoms with van der Waals surface area (Å²) in [6.45, 7) is 2.52. The van der Waals surface area contributed by atoms with Crippen LogP contribution < -0.4 is 15.2 Å². The first kappa shape index (κ1) is 14.8. The van der Waals surface area contributed by atoms with Crippen molar-refractivity contribution in [2.75, 3.05) is 19.4 Å². The maximum atomic E-state index is 12.0. The van der Waals surface area contributed by atoms with Gasteiger partial charge in [0.2, 0.25) is 10.0 Å². The van der Waals surface area contributed by atoms with Crippen molar-refractivity contribution in [1.29, 1.82) is 0 Å². The van der Waals surface area contributed by atoms with E-state index in [1.807, 2.05) is 0 Å². The smallest absolute Gasteiger partial charge is 0.240 e. The standard InChI is InChI=1S/C12H20N2O3S/c1-3-4-5-8-14-18(15,16)10-6-7-11(13)12(9-10)17-2/h6-7,9,14H,3-5,8,13H2,1-2H3. The van der Waals surface area contributed by atoms with Gasteiger partial charge in [-0.1, -0.05) is 19.8 Å². The first-order chi connectivity index (χ1) is 8.51. The molecular weight excluding hydrogens is 252 g/mol. The molecule has 0 aliphatic heterocycles. The minimum atomic E-state index is -3.48. The second-order valence-corrected chi connectivity index (χ2v) is 5.78. The lowest BCUT2D eigenvalue weighted by Crippen LogP contribution is -2.24. The van der Waals surface area contributed by atoms with Gasteiger partial charge in [-0.15, -0.1) is 0 Å². The molecule has 0 fully saturated rings. The van der Waals surface area contributed by atoms with Gasteiger partial charge in [0.15, 0.2) is 0 Å². The Labute approximate surface area is 108 Å². The van der Waals surface area contributed by atoms with Crippen molar-refractivity contribution in [3.05, 3.63) is 18.2 Å². The van der Waals surface area contributed by atoms with Gasteiger partial charge in [-0.25, -0.2) is 13.1 Å². The number of methoxy groups -OCH3 is 1. The normalized spacial score (nSPS) is 11.4. The number of benzene rings is 1. The van der Waals surface area contributed by atoms with E-state index in [1.165, 1.54) is 25.3 Å². The summed E-state index contributed by atoms with van der Waals surface area (Å²) < 4.78 is 31.5. The van der Waals surface area contributed by atoms with Gasteiger partial charge in [0.25, 0.3) is 0 Å². The van der Waals surface area contributed by atoms with E-state index in [0.717, 1.165) is 19.3 Å². The van der Waals surface area contributed by atoms with Crippen molar-refractivity contribution in [1.82, 2.24) is 4.72 Å². The average Bonchev–Trinajstić information content (AvgIpc) is 2.35. The highest BCUT2D eigenvalue weighted by molar-refractivity contribution is 7.89. The van der Waals surface area contributed by atoms with E-state index in [9.17, 15) is 8.42 Å². The molecule has 102 valence electrons. The number of unbranched alkanes of at least 4 members (excludes halogenated alkanes) is 2. The minimum Gasteiger partial charge on any atom is -0.495 e. The van der Waals surface area contributed by atoms with Gasteiger partial charge in [0.05, 0.1) is 17.7 Å². The Balaban J connectivity index is 2.78. The summed E-state index contributed by atoms with van der Waals surface area (Å²) in [4.78, 5) is 0.171. The number of hydrogen-bond acceptors (Lipinski definition) is 4. The third-order valence-corrected chi connectivity index (χ3v) is 4.05. The highest BCUT2D eigenvalue weighted by Gasteiger charge is 2.15. The predicted octanol–water partition coefficient (Wildman–Crippen LogP) is 1.75. The number of hydrogen-bond donors (Lipinski definition) is 2. The van der Waals surface area contributed by atoms with Crippen molar-refractivity contribution in [2.45, 2.75) is 31.1 Å². The second-order valence-electron chi connectivity index (χ2n) is 4.01.